The highest BCUT2D eigenvalue weighted by Crippen LogP contribution is 2.35. The Hall–Kier alpha value is -3.37. The van der Waals surface area contributed by atoms with Crippen molar-refractivity contribution in [3.05, 3.63) is 99.2 Å². The van der Waals surface area contributed by atoms with Gasteiger partial charge in [0.2, 0.25) is 0 Å². The molecule has 0 saturated carbocycles. The molecule has 1 heterocycles. The van der Waals surface area contributed by atoms with Crippen LogP contribution in [-0.4, -0.2) is 11.8 Å². The molecule has 31 heavy (non-hydrogen) atoms. The molecule has 0 aliphatic carbocycles. The van der Waals surface area contributed by atoms with Crippen molar-refractivity contribution in [2.24, 2.45) is 0 Å². The fraction of sp³-hybridized carbons (Fsp3) is 0.154. The summed E-state index contributed by atoms with van der Waals surface area (Å²) in [5.41, 5.74) is 6.56. The molecular weight excluding hydrogens is 408 g/mol. The number of benzene rings is 3. The zero-order valence-electron chi connectivity index (χ0n) is 17.9. The predicted octanol–water partition coefficient (Wildman–Crippen LogP) is 5.97. The molecule has 0 unspecified atom stereocenters. The lowest BCUT2D eigenvalue weighted by atomic mass is 10.0. The van der Waals surface area contributed by atoms with Crippen molar-refractivity contribution < 1.29 is 9.59 Å². The summed E-state index contributed by atoms with van der Waals surface area (Å²) in [6.07, 6.45) is 0. The molecule has 3 aromatic rings. The third-order valence-corrected chi connectivity index (χ3v) is 5.57. The summed E-state index contributed by atoms with van der Waals surface area (Å²) >= 11 is 6.09. The molecule has 4 nitrogen and oxygen atoms in total. The lowest BCUT2D eigenvalue weighted by Crippen LogP contribution is -2.32. The van der Waals surface area contributed by atoms with Crippen LogP contribution in [0.2, 0.25) is 5.02 Å². The van der Waals surface area contributed by atoms with Crippen molar-refractivity contribution in [1.29, 1.82) is 0 Å². The van der Waals surface area contributed by atoms with E-state index in [1.165, 1.54) is 4.90 Å². The van der Waals surface area contributed by atoms with Gasteiger partial charge in [-0.05, 0) is 80.3 Å². The molecule has 0 fully saturated rings. The summed E-state index contributed by atoms with van der Waals surface area (Å²) in [6.45, 7) is 7.79. The van der Waals surface area contributed by atoms with Crippen molar-refractivity contribution in [2.75, 3.05) is 10.2 Å². The standard InChI is InChI=1S/C26H23ClN2O2/c1-15-5-7-19(8-6-15)23-24(28-22-10-9-20(27)14-18(22)4)26(31)29(25(23)30)21-12-16(2)11-17(3)13-21/h5-14,28H,1-4H3. The molecule has 0 atom stereocenters. The van der Waals surface area contributed by atoms with Crippen LogP contribution in [0.25, 0.3) is 5.57 Å². The van der Waals surface area contributed by atoms with Crippen LogP contribution in [0.4, 0.5) is 11.4 Å². The summed E-state index contributed by atoms with van der Waals surface area (Å²) in [7, 11) is 0. The van der Waals surface area contributed by atoms with E-state index in [9.17, 15) is 9.59 Å². The van der Waals surface area contributed by atoms with Crippen LogP contribution in [0, 0.1) is 27.7 Å². The Morgan fingerprint density at radius 3 is 2.00 bits per heavy atom. The lowest BCUT2D eigenvalue weighted by molar-refractivity contribution is -0.120. The second kappa shape index (κ2) is 8.05. The van der Waals surface area contributed by atoms with Gasteiger partial charge in [-0.25, -0.2) is 4.90 Å². The summed E-state index contributed by atoms with van der Waals surface area (Å²) in [4.78, 5) is 28.3. The number of aryl methyl sites for hydroxylation is 4. The van der Waals surface area contributed by atoms with Crippen molar-refractivity contribution >= 4 is 40.4 Å². The number of rotatable bonds is 4. The maximum atomic E-state index is 13.6. The fourth-order valence-corrected chi connectivity index (χ4v) is 4.08. The highest BCUT2D eigenvalue weighted by atomic mass is 35.5. The minimum absolute atomic E-state index is 0.262. The molecule has 5 heteroatoms. The normalized spacial score (nSPS) is 13.9. The van der Waals surface area contributed by atoms with Crippen LogP contribution in [0.3, 0.4) is 0 Å². The molecule has 0 radical (unpaired) electrons. The van der Waals surface area contributed by atoms with E-state index in [2.05, 4.69) is 5.32 Å². The minimum Gasteiger partial charge on any atom is -0.350 e. The topological polar surface area (TPSA) is 49.4 Å². The van der Waals surface area contributed by atoms with Crippen LogP contribution in [0.1, 0.15) is 27.8 Å². The first-order valence-electron chi connectivity index (χ1n) is 10.1. The van der Waals surface area contributed by atoms with Gasteiger partial charge in [-0.1, -0.05) is 47.5 Å². The second-order valence-corrected chi connectivity index (χ2v) is 8.43. The number of nitrogens with zero attached hydrogens (tertiary/aromatic N) is 1. The molecule has 1 aliphatic rings. The number of carbonyl (C=O) groups is 2. The zero-order chi connectivity index (χ0) is 22.3. The van der Waals surface area contributed by atoms with E-state index < -0.39 is 0 Å². The number of imide groups is 1. The van der Waals surface area contributed by atoms with E-state index in [1.807, 2.05) is 82.3 Å². The van der Waals surface area contributed by atoms with E-state index in [-0.39, 0.29) is 17.5 Å². The Labute approximate surface area is 187 Å². The molecule has 0 spiro atoms. The molecule has 0 aromatic heterocycles. The summed E-state index contributed by atoms with van der Waals surface area (Å²) < 4.78 is 0. The van der Waals surface area contributed by atoms with Crippen molar-refractivity contribution in [2.45, 2.75) is 27.7 Å². The predicted molar refractivity (Wildman–Crippen MR) is 126 cm³/mol. The van der Waals surface area contributed by atoms with Gasteiger partial charge >= 0.3 is 0 Å². The van der Waals surface area contributed by atoms with Crippen molar-refractivity contribution in [3.8, 4) is 0 Å². The highest BCUT2D eigenvalue weighted by molar-refractivity contribution is 6.46. The first-order chi connectivity index (χ1) is 14.7. The summed E-state index contributed by atoms with van der Waals surface area (Å²) in [6, 6.07) is 18.7. The molecule has 0 saturated heterocycles. The van der Waals surface area contributed by atoms with E-state index in [4.69, 9.17) is 11.6 Å². The van der Waals surface area contributed by atoms with Gasteiger partial charge in [-0.15, -0.1) is 0 Å². The average molecular weight is 431 g/mol. The SMILES string of the molecule is Cc1ccc(C2=C(Nc3ccc(Cl)cc3C)C(=O)N(c3cc(C)cc(C)c3)C2=O)cc1. The molecule has 3 aromatic carbocycles. The van der Waals surface area contributed by atoms with Gasteiger partial charge in [0.1, 0.15) is 5.70 Å². The Kier molecular flexibility index (Phi) is 5.42. The molecule has 2 amide bonds. The maximum absolute atomic E-state index is 13.6. The first kappa shape index (κ1) is 20.9. The molecule has 4 rings (SSSR count). The Morgan fingerprint density at radius 1 is 0.742 bits per heavy atom. The number of hydrogen-bond acceptors (Lipinski definition) is 3. The van der Waals surface area contributed by atoms with Crippen LogP contribution in [0.15, 0.2) is 66.4 Å². The lowest BCUT2D eigenvalue weighted by Gasteiger charge is -2.17. The van der Waals surface area contributed by atoms with E-state index >= 15 is 0 Å². The number of amides is 2. The highest BCUT2D eigenvalue weighted by Gasteiger charge is 2.40. The van der Waals surface area contributed by atoms with Gasteiger partial charge in [0, 0.05) is 10.7 Å². The van der Waals surface area contributed by atoms with E-state index in [0.29, 0.717) is 21.8 Å². The van der Waals surface area contributed by atoms with Gasteiger partial charge in [-0.2, -0.15) is 0 Å². The maximum Gasteiger partial charge on any atom is 0.282 e. The number of carbonyl (C=O) groups excluding carboxylic acids is 2. The average Bonchev–Trinajstić information content (AvgIpc) is 2.94. The van der Waals surface area contributed by atoms with Gasteiger partial charge in [0.25, 0.3) is 11.8 Å². The van der Waals surface area contributed by atoms with Gasteiger partial charge in [0.15, 0.2) is 0 Å². The Bertz CT molecular complexity index is 1220. The third kappa shape index (κ3) is 3.99. The number of hydrogen-bond donors (Lipinski definition) is 1. The largest absolute Gasteiger partial charge is 0.350 e. The summed E-state index contributed by atoms with van der Waals surface area (Å²) in [5, 5.41) is 3.83. The van der Waals surface area contributed by atoms with Gasteiger partial charge in [-0.3, -0.25) is 9.59 Å². The van der Waals surface area contributed by atoms with Crippen LogP contribution < -0.4 is 10.2 Å². The number of halogens is 1. The quantitative estimate of drug-likeness (QED) is 0.518. The van der Waals surface area contributed by atoms with Gasteiger partial charge < -0.3 is 5.32 Å². The molecular formula is C26H23ClN2O2. The monoisotopic (exact) mass is 430 g/mol. The third-order valence-electron chi connectivity index (χ3n) is 5.34. The Morgan fingerprint density at radius 2 is 1.39 bits per heavy atom. The van der Waals surface area contributed by atoms with Crippen molar-refractivity contribution in [1.82, 2.24) is 0 Å². The van der Waals surface area contributed by atoms with Gasteiger partial charge in [0.05, 0.1) is 11.3 Å². The smallest absolute Gasteiger partial charge is 0.282 e. The zero-order valence-corrected chi connectivity index (χ0v) is 18.7. The van der Waals surface area contributed by atoms with Crippen LogP contribution in [-0.2, 0) is 9.59 Å². The second-order valence-electron chi connectivity index (χ2n) is 7.99. The van der Waals surface area contributed by atoms with Crippen LogP contribution >= 0.6 is 11.6 Å². The summed E-state index contributed by atoms with van der Waals surface area (Å²) in [5.74, 6) is -0.715. The number of nitrogens with one attached hydrogen (secondary N) is 1. The Balaban J connectivity index is 1.85. The first-order valence-corrected chi connectivity index (χ1v) is 10.4. The molecule has 0 bridgehead atoms. The fourth-order valence-electron chi connectivity index (χ4n) is 3.85. The number of anilines is 2. The molecule has 1 N–H and O–H groups in total. The minimum atomic E-state index is -0.375. The van der Waals surface area contributed by atoms with E-state index in [0.717, 1.165) is 27.9 Å². The van der Waals surface area contributed by atoms with Crippen molar-refractivity contribution in [3.63, 3.8) is 0 Å². The van der Waals surface area contributed by atoms with E-state index in [1.54, 1.807) is 6.07 Å². The van der Waals surface area contributed by atoms with Crippen LogP contribution in [0.5, 0.6) is 0 Å². The molecule has 1 aliphatic heterocycles. The molecule has 156 valence electrons.